The number of fused-ring (bicyclic) bond motifs is 1. The van der Waals surface area contributed by atoms with E-state index in [0.29, 0.717) is 20.9 Å². The van der Waals surface area contributed by atoms with Gasteiger partial charge in [-0.2, -0.15) is 0 Å². The minimum absolute atomic E-state index is 0.110. The van der Waals surface area contributed by atoms with Gasteiger partial charge in [0.15, 0.2) is 11.3 Å². The molecule has 0 unspecified atom stereocenters. The highest BCUT2D eigenvalue weighted by atomic mass is 32.1. The van der Waals surface area contributed by atoms with Crippen LogP contribution in [0.3, 0.4) is 0 Å². The number of aromatic nitrogens is 2. The van der Waals surface area contributed by atoms with Gasteiger partial charge in [-0.15, -0.1) is 11.3 Å². The molecule has 3 rings (SSSR count). The van der Waals surface area contributed by atoms with Gasteiger partial charge in [0.2, 0.25) is 0 Å². The molecule has 1 aliphatic rings. The monoisotopic (exact) mass is 379 g/mol. The maximum absolute atomic E-state index is 14.1. The lowest BCUT2D eigenvalue weighted by Gasteiger charge is -2.36. The van der Waals surface area contributed by atoms with Gasteiger partial charge >= 0.3 is 0 Å². The summed E-state index contributed by atoms with van der Waals surface area (Å²) in [6.45, 7) is 6.61. The van der Waals surface area contributed by atoms with Gasteiger partial charge in [0.25, 0.3) is 5.91 Å². The summed E-state index contributed by atoms with van der Waals surface area (Å²) >= 11 is 1.23. The summed E-state index contributed by atoms with van der Waals surface area (Å²) in [6.07, 6.45) is 5.01. The summed E-state index contributed by atoms with van der Waals surface area (Å²) in [6, 6.07) is 1.84. The summed E-state index contributed by atoms with van der Waals surface area (Å²) in [7, 11) is 0. The third-order valence-electron chi connectivity index (χ3n) is 5.08. The molecule has 0 aliphatic heterocycles. The van der Waals surface area contributed by atoms with Gasteiger partial charge in [-0.3, -0.25) is 4.79 Å². The Hall–Kier alpha value is -1.60. The van der Waals surface area contributed by atoms with Crippen molar-refractivity contribution in [2.24, 2.45) is 5.92 Å². The molecule has 0 saturated heterocycles. The third kappa shape index (κ3) is 4.20. The Labute approximate surface area is 157 Å². The topological polar surface area (TPSA) is 75.1 Å². The van der Waals surface area contributed by atoms with Gasteiger partial charge < -0.3 is 10.4 Å². The Balaban J connectivity index is 1.67. The van der Waals surface area contributed by atoms with E-state index in [9.17, 15) is 14.3 Å². The Kier molecular flexibility index (Phi) is 5.05. The molecule has 7 heteroatoms. The van der Waals surface area contributed by atoms with Crippen LogP contribution >= 0.6 is 11.3 Å². The van der Waals surface area contributed by atoms with E-state index in [1.165, 1.54) is 31.4 Å². The quantitative estimate of drug-likeness (QED) is 0.843. The first-order valence-corrected chi connectivity index (χ1v) is 9.85. The molecule has 5 nitrogen and oxygen atoms in total. The van der Waals surface area contributed by atoms with E-state index in [1.54, 1.807) is 6.07 Å². The van der Waals surface area contributed by atoms with E-state index >= 15 is 0 Å². The molecule has 2 aromatic rings. The molecule has 0 radical (unpaired) electrons. The predicted octanol–water partition coefficient (Wildman–Crippen LogP) is 3.96. The maximum Gasteiger partial charge on any atom is 0.253 e. The number of aliphatic hydroxyl groups is 1. The summed E-state index contributed by atoms with van der Waals surface area (Å²) in [5.41, 5.74) is -1.25. The van der Waals surface area contributed by atoms with Crippen LogP contribution in [0.4, 0.5) is 4.39 Å². The average Bonchev–Trinajstić information content (AvgIpc) is 2.98. The van der Waals surface area contributed by atoms with Crippen LogP contribution < -0.4 is 5.32 Å². The van der Waals surface area contributed by atoms with Crippen molar-refractivity contribution in [3.63, 3.8) is 0 Å². The summed E-state index contributed by atoms with van der Waals surface area (Å²) in [4.78, 5) is 21.0. The summed E-state index contributed by atoms with van der Waals surface area (Å²) in [5.74, 6) is 0.105. The number of hydrogen-bond donors (Lipinski definition) is 2. The van der Waals surface area contributed by atoms with Crippen LogP contribution in [0.15, 0.2) is 12.3 Å². The number of nitrogens with one attached hydrogen (secondary N) is 1. The molecule has 0 atom stereocenters. The summed E-state index contributed by atoms with van der Waals surface area (Å²) in [5, 5.41) is 13.5. The second kappa shape index (κ2) is 6.85. The number of alkyl halides is 1. The molecular formula is C19H26FN3O2S. The molecule has 1 amide bonds. The standard InChI is InChI=1S/C19H26FN3O2S/c1-18(2,20)17-23-15-14(26-17)9-11(10-21-15)16(24)22-13-7-5-12(6-8-13)19(3,4)25/h9-10,12-13,25H,5-8H2,1-4H3,(H,22,24)/t12-,13-. The first-order valence-electron chi connectivity index (χ1n) is 9.03. The first-order chi connectivity index (χ1) is 12.0. The second-order valence-corrected chi connectivity index (χ2v) is 9.24. The van der Waals surface area contributed by atoms with E-state index in [0.717, 1.165) is 25.7 Å². The highest BCUT2D eigenvalue weighted by molar-refractivity contribution is 7.18. The van der Waals surface area contributed by atoms with E-state index < -0.39 is 11.3 Å². The predicted molar refractivity (Wildman–Crippen MR) is 101 cm³/mol. The largest absolute Gasteiger partial charge is 0.390 e. The van der Waals surface area contributed by atoms with Gasteiger partial charge in [-0.05, 0) is 65.4 Å². The molecule has 1 saturated carbocycles. The van der Waals surface area contributed by atoms with E-state index in [-0.39, 0.29) is 17.9 Å². The van der Waals surface area contributed by atoms with Gasteiger partial charge in [-0.25, -0.2) is 14.4 Å². The van der Waals surface area contributed by atoms with Crippen molar-refractivity contribution in [1.82, 2.24) is 15.3 Å². The van der Waals surface area contributed by atoms with Crippen LogP contribution in [0.2, 0.25) is 0 Å². The highest BCUT2D eigenvalue weighted by Gasteiger charge is 2.32. The number of carbonyl (C=O) groups excluding carboxylic acids is 1. The molecule has 1 fully saturated rings. The first kappa shape index (κ1) is 19.2. The molecule has 1 aliphatic carbocycles. The summed E-state index contributed by atoms with van der Waals surface area (Å²) < 4.78 is 14.8. The van der Waals surface area contributed by atoms with Crippen molar-refractivity contribution in [3.8, 4) is 0 Å². The number of nitrogens with zero attached hydrogens (tertiary/aromatic N) is 2. The van der Waals surface area contributed by atoms with Crippen molar-refractivity contribution in [1.29, 1.82) is 0 Å². The Morgan fingerprint density at radius 1 is 1.27 bits per heavy atom. The SMILES string of the molecule is CC(C)(F)c1nc2ncc(C(=O)N[C@H]3CC[C@H](C(C)(C)O)CC3)cc2s1. The van der Waals surface area contributed by atoms with E-state index in [1.807, 2.05) is 13.8 Å². The number of amides is 1. The van der Waals surface area contributed by atoms with Gasteiger partial charge in [-0.1, -0.05) is 0 Å². The Morgan fingerprint density at radius 2 is 1.92 bits per heavy atom. The number of rotatable bonds is 4. The van der Waals surface area contributed by atoms with Crippen LogP contribution in [-0.2, 0) is 5.67 Å². The maximum atomic E-state index is 14.1. The highest BCUT2D eigenvalue weighted by Crippen LogP contribution is 2.33. The fourth-order valence-corrected chi connectivity index (χ4v) is 4.37. The molecule has 2 N–H and O–H groups in total. The average molecular weight is 380 g/mol. The van der Waals surface area contributed by atoms with Crippen LogP contribution in [0.5, 0.6) is 0 Å². The number of thiazole rings is 1. The minimum atomic E-state index is -1.52. The zero-order valence-corrected chi connectivity index (χ0v) is 16.5. The Morgan fingerprint density at radius 3 is 2.50 bits per heavy atom. The molecule has 0 spiro atoms. The van der Waals surface area contributed by atoms with Crippen LogP contribution in [-0.4, -0.2) is 32.6 Å². The van der Waals surface area contributed by atoms with E-state index in [2.05, 4.69) is 15.3 Å². The zero-order valence-electron chi connectivity index (χ0n) is 15.7. The second-order valence-electron chi connectivity index (χ2n) is 8.21. The minimum Gasteiger partial charge on any atom is -0.390 e. The third-order valence-corrected chi connectivity index (χ3v) is 6.37. The zero-order chi connectivity index (χ0) is 19.1. The fourth-order valence-electron chi connectivity index (χ4n) is 3.41. The van der Waals surface area contributed by atoms with E-state index in [4.69, 9.17) is 0 Å². The van der Waals surface area contributed by atoms with Crippen molar-refractivity contribution in [3.05, 3.63) is 22.8 Å². The van der Waals surface area contributed by atoms with Crippen molar-refractivity contribution in [2.45, 2.75) is 70.7 Å². The molecular weight excluding hydrogens is 353 g/mol. The molecule has 142 valence electrons. The molecule has 2 aromatic heterocycles. The van der Waals surface area contributed by atoms with Crippen molar-refractivity contribution >= 4 is 27.6 Å². The number of hydrogen-bond acceptors (Lipinski definition) is 5. The van der Waals surface area contributed by atoms with Crippen LogP contribution in [0.1, 0.15) is 68.7 Å². The lowest BCUT2D eigenvalue weighted by atomic mass is 9.77. The van der Waals surface area contributed by atoms with Gasteiger partial charge in [0.05, 0.1) is 15.9 Å². The number of halogens is 1. The van der Waals surface area contributed by atoms with Crippen molar-refractivity contribution in [2.75, 3.05) is 0 Å². The fraction of sp³-hybridized carbons (Fsp3) is 0.632. The molecule has 26 heavy (non-hydrogen) atoms. The van der Waals surface area contributed by atoms with Gasteiger partial charge in [0.1, 0.15) is 5.01 Å². The van der Waals surface area contributed by atoms with Crippen molar-refractivity contribution < 1.29 is 14.3 Å². The molecule has 2 heterocycles. The molecule has 0 aromatic carbocycles. The number of carbonyl (C=O) groups is 1. The smallest absolute Gasteiger partial charge is 0.253 e. The normalized spacial score (nSPS) is 21.8. The van der Waals surface area contributed by atoms with Gasteiger partial charge in [0, 0.05) is 12.2 Å². The van der Waals surface area contributed by atoms with Crippen LogP contribution in [0, 0.1) is 5.92 Å². The lowest BCUT2D eigenvalue weighted by Crippen LogP contribution is -2.41. The Bertz CT molecular complexity index is 799. The van der Waals surface area contributed by atoms with Crippen LogP contribution in [0.25, 0.3) is 10.3 Å². The number of pyridine rings is 1. The lowest BCUT2D eigenvalue weighted by molar-refractivity contribution is -0.00257. The molecule has 0 bridgehead atoms.